The fourth-order valence-corrected chi connectivity index (χ4v) is 4.28. The van der Waals surface area contributed by atoms with Crippen molar-refractivity contribution in [2.45, 2.75) is 44.6 Å². The van der Waals surface area contributed by atoms with E-state index >= 15 is 0 Å². The molecule has 2 fully saturated rings. The third kappa shape index (κ3) is 3.27. The summed E-state index contributed by atoms with van der Waals surface area (Å²) in [6, 6.07) is 5.19. The van der Waals surface area contributed by atoms with Crippen molar-refractivity contribution in [2.75, 3.05) is 19.9 Å². The molecule has 0 aromatic heterocycles. The summed E-state index contributed by atoms with van der Waals surface area (Å²) in [7, 11) is 0. The van der Waals surface area contributed by atoms with Crippen LogP contribution in [0.4, 0.5) is 4.79 Å². The van der Waals surface area contributed by atoms with Crippen LogP contribution in [0.3, 0.4) is 0 Å². The zero-order chi connectivity index (χ0) is 19.7. The van der Waals surface area contributed by atoms with E-state index in [2.05, 4.69) is 10.6 Å². The van der Waals surface area contributed by atoms with E-state index in [0.29, 0.717) is 25.1 Å². The number of rotatable bonds is 5. The van der Waals surface area contributed by atoms with Crippen molar-refractivity contribution in [3.05, 3.63) is 23.8 Å². The van der Waals surface area contributed by atoms with Crippen LogP contribution in [0.1, 0.15) is 38.2 Å². The van der Waals surface area contributed by atoms with Gasteiger partial charge in [-0.3, -0.25) is 14.5 Å². The van der Waals surface area contributed by atoms with Crippen LogP contribution in [0.5, 0.6) is 11.5 Å². The normalized spacial score (nSPS) is 25.9. The number of imide groups is 1. The lowest BCUT2D eigenvalue weighted by atomic mass is 9.73. The summed E-state index contributed by atoms with van der Waals surface area (Å²) in [6.07, 6.45) is 4.13. The predicted octanol–water partition coefficient (Wildman–Crippen LogP) is 1.57. The van der Waals surface area contributed by atoms with Gasteiger partial charge in [-0.15, -0.1) is 0 Å². The highest BCUT2D eigenvalue weighted by Gasteiger charge is 2.55. The summed E-state index contributed by atoms with van der Waals surface area (Å²) >= 11 is 0. The zero-order valence-electron chi connectivity index (χ0n) is 16.0. The summed E-state index contributed by atoms with van der Waals surface area (Å²) in [5, 5.41) is 5.65. The first-order chi connectivity index (χ1) is 13.5. The van der Waals surface area contributed by atoms with E-state index in [9.17, 15) is 14.4 Å². The van der Waals surface area contributed by atoms with Gasteiger partial charge < -0.3 is 20.1 Å². The number of hydrogen-bond donors (Lipinski definition) is 2. The Morgan fingerprint density at radius 2 is 2.11 bits per heavy atom. The standard InChI is InChI=1S/C20H25N3O5/c1-13-4-2-3-8-20(13)18(25)23(19(26)22-20)11-17(24)21-9-7-14-5-6-15-16(10-14)28-12-27-15/h5-6,10,13H,2-4,7-9,11-12H2,1H3,(H,21,24)(H,22,26)/t13-,20+/m0/s1. The largest absolute Gasteiger partial charge is 0.454 e. The van der Waals surface area contributed by atoms with Gasteiger partial charge in [0.15, 0.2) is 11.5 Å². The summed E-state index contributed by atoms with van der Waals surface area (Å²) in [6.45, 7) is 2.37. The van der Waals surface area contributed by atoms with Crippen molar-refractivity contribution in [2.24, 2.45) is 5.92 Å². The lowest BCUT2D eigenvalue weighted by Crippen LogP contribution is -2.54. The average Bonchev–Trinajstić information content (AvgIpc) is 3.23. The van der Waals surface area contributed by atoms with E-state index < -0.39 is 11.6 Å². The molecule has 8 heteroatoms. The van der Waals surface area contributed by atoms with Gasteiger partial charge in [-0.1, -0.05) is 25.8 Å². The number of nitrogens with zero attached hydrogens (tertiary/aromatic N) is 1. The fourth-order valence-electron chi connectivity index (χ4n) is 4.28. The molecule has 0 radical (unpaired) electrons. The fraction of sp³-hybridized carbons (Fsp3) is 0.550. The minimum atomic E-state index is -0.831. The molecule has 150 valence electrons. The molecule has 28 heavy (non-hydrogen) atoms. The monoisotopic (exact) mass is 387 g/mol. The molecule has 0 bridgehead atoms. The number of hydrogen-bond acceptors (Lipinski definition) is 5. The van der Waals surface area contributed by atoms with Crippen molar-refractivity contribution in [1.82, 2.24) is 15.5 Å². The Hall–Kier alpha value is -2.77. The number of benzene rings is 1. The number of carbonyl (C=O) groups is 3. The molecule has 2 heterocycles. The highest BCUT2D eigenvalue weighted by atomic mass is 16.7. The molecule has 8 nitrogen and oxygen atoms in total. The molecule has 1 aliphatic carbocycles. The minimum Gasteiger partial charge on any atom is -0.454 e. The van der Waals surface area contributed by atoms with Crippen LogP contribution < -0.4 is 20.1 Å². The molecular formula is C20H25N3O5. The van der Waals surface area contributed by atoms with Gasteiger partial charge in [0.25, 0.3) is 5.91 Å². The van der Waals surface area contributed by atoms with Crippen LogP contribution in [0, 0.1) is 5.92 Å². The zero-order valence-corrected chi connectivity index (χ0v) is 16.0. The first kappa shape index (κ1) is 18.6. The summed E-state index contributed by atoms with van der Waals surface area (Å²) < 4.78 is 10.6. The lowest BCUT2D eigenvalue weighted by Gasteiger charge is -2.36. The smallest absolute Gasteiger partial charge is 0.325 e. The topological polar surface area (TPSA) is 97.0 Å². The molecule has 0 unspecified atom stereocenters. The Bertz CT molecular complexity index is 811. The van der Waals surface area contributed by atoms with Crippen molar-refractivity contribution in [3.63, 3.8) is 0 Å². The van der Waals surface area contributed by atoms with E-state index in [0.717, 1.165) is 35.5 Å². The highest BCUT2D eigenvalue weighted by Crippen LogP contribution is 2.38. The van der Waals surface area contributed by atoms with Gasteiger partial charge in [-0.25, -0.2) is 4.79 Å². The third-order valence-electron chi connectivity index (χ3n) is 5.98. The first-order valence-electron chi connectivity index (χ1n) is 9.79. The quantitative estimate of drug-likeness (QED) is 0.748. The molecule has 2 N–H and O–H groups in total. The Labute approximate surface area is 163 Å². The lowest BCUT2D eigenvalue weighted by molar-refractivity contribution is -0.137. The molecule has 2 atom stereocenters. The van der Waals surface area contributed by atoms with Gasteiger partial charge >= 0.3 is 6.03 Å². The highest BCUT2D eigenvalue weighted by molar-refractivity contribution is 6.09. The van der Waals surface area contributed by atoms with Crippen LogP contribution in [0.25, 0.3) is 0 Å². The van der Waals surface area contributed by atoms with Gasteiger partial charge in [0.1, 0.15) is 12.1 Å². The number of amides is 4. The third-order valence-corrected chi connectivity index (χ3v) is 5.98. The Balaban J connectivity index is 1.30. The number of ether oxygens (including phenoxy) is 2. The molecule has 4 rings (SSSR count). The molecule has 1 saturated heterocycles. The van der Waals surface area contributed by atoms with Crippen LogP contribution in [0.15, 0.2) is 18.2 Å². The van der Waals surface area contributed by atoms with Crippen molar-refractivity contribution in [1.29, 1.82) is 0 Å². The number of fused-ring (bicyclic) bond motifs is 1. The Morgan fingerprint density at radius 3 is 2.93 bits per heavy atom. The van der Waals surface area contributed by atoms with Crippen LogP contribution in [-0.4, -0.2) is 48.2 Å². The molecule has 4 amide bonds. The molecule has 1 spiro atoms. The van der Waals surface area contributed by atoms with Gasteiger partial charge in [0, 0.05) is 6.54 Å². The second kappa shape index (κ2) is 7.33. The van der Waals surface area contributed by atoms with E-state index in [1.807, 2.05) is 25.1 Å². The van der Waals surface area contributed by atoms with Gasteiger partial charge in [-0.05, 0) is 42.9 Å². The Kier molecular flexibility index (Phi) is 4.87. The summed E-state index contributed by atoms with van der Waals surface area (Å²) in [4.78, 5) is 38.6. The molecule has 1 aromatic rings. The maximum atomic E-state index is 12.9. The van der Waals surface area contributed by atoms with Crippen LogP contribution in [-0.2, 0) is 16.0 Å². The van der Waals surface area contributed by atoms with Crippen LogP contribution in [0.2, 0.25) is 0 Å². The summed E-state index contributed by atoms with van der Waals surface area (Å²) in [5.41, 5.74) is 0.178. The van der Waals surface area contributed by atoms with Crippen molar-refractivity contribution >= 4 is 17.8 Å². The van der Waals surface area contributed by atoms with Crippen molar-refractivity contribution < 1.29 is 23.9 Å². The summed E-state index contributed by atoms with van der Waals surface area (Å²) in [5.74, 6) is 0.893. The molecule has 1 saturated carbocycles. The number of nitrogens with one attached hydrogen (secondary N) is 2. The minimum absolute atomic E-state index is 0.0803. The van der Waals surface area contributed by atoms with Gasteiger partial charge in [-0.2, -0.15) is 0 Å². The van der Waals surface area contributed by atoms with Crippen molar-refractivity contribution in [3.8, 4) is 11.5 Å². The number of urea groups is 1. The van der Waals surface area contributed by atoms with E-state index in [1.54, 1.807) is 0 Å². The van der Waals surface area contributed by atoms with Gasteiger partial charge in [0.05, 0.1) is 0 Å². The second-order valence-corrected chi connectivity index (χ2v) is 7.73. The predicted molar refractivity (Wildman–Crippen MR) is 99.9 cm³/mol. The molecular weight excluding hydrogens is 362 g/mol. The van der Waals surface area contributed by atoms with E-state index in [-0.39, 0.29) is 31.1 Å². The number of carbonyl (C=O) groups excluding carboxylic acids is 3. The van der Waals surface area contributed by atoms with Gasteiger partial charge in [0.2, 0.25) is 12.7 Å². The Morgan fingerprint density at radius 1 is 1.29 bits per heavy atom. The molecule has 3 aliphatic rings. The SMILES string of the molecule is C[C@H]1CCCC[C@@]12NC(=O)N(CC(=O)NCCc1ccc3c(c1)OCO3)C2=O. The van der Waals surface area contributed by atoms with E-state index in [4.69, 9.17) is 9.47 Å². The average molecular weight is 387 g/mol. The molecule has 1 aromatic carbocycles. The first-order valence-corrected chi connectivity index (χ1v) is 9.79. The van der Waals surface area contributed by atoms with Crippen LogP contribution >= 0.6 is 0 Å². The van der Waals surface area contributed by atoms with E-state index in [1.165, 1.54) is 0 Å². The maximum absolute atomic E-state index is 12.9. The maximum Gasteiger partial charge on any atom is 0.325 e. The molecule has 2 aliphatic heterocycles. The second-order valence-electron chi connectivity index (χ2n) is 7.73.